The molecule has 0 unspecified atom stereocenters. The van der Waals surface area contributed by atoms with E-state index in [1.807, 2.05) is 18.2 Å². The molecule has 7 nitrogen and oxygen atoms in total. The Kier molecular flexibility index (Phi) is 5.25. The van der Waals surface area contributed by atoms with Crippen molar-refractivity contribution in [2.75, 3.05) is 5.43 Å². The van der Waals surface area contributed by atoms with Crippen molar-refractivity contribution >= 4 is 34.8 Å². The zero-order valence-electron chi connectivity index (χ0n) is 15.2. The molecule has 0 aliphatic rings. The van der Waals surface area contributed by atoms with Gasteiger partial charge in [0.25, 0.3) is 0 Å². The van der Waals surface area contributed by atoms with Crippen LogP contribution in [0.4, 0.5) is 10.8 Å². The van der Waals surface area contributed by atoms with Gasteiger partial charge in [0.1, 0.15) is 11.1 Å². The first kappa shape index (κ1) is 19.0. The Morgan fingerprint density at radius 1 is 1.30 bits per heavy atom. The SMILES string of the molecule is CC(C)(C)OC(=O)NNc1nc2c(-c3cccc(Cl)c3)cc(CO)cc2o1. The van der Waals surface area contributed by atoms with Gasteiger partial charge in [-0.3, -0.25) is 0 Å². The Hall–Kier alpha value is -2.77. The number of hydrogen-bond acceptors (Lipinski definition) is 6. The topological polar surface area (TPSA) is 96.6 Å². The molecule has 1 amide bonds. The number of aliphatic hydroxyl groups is 1. The summed E-state index contributed by atoms with van der Waals surface area (Å²) in [5.41, 5.74) is 7.64. The van der Waals surface area contributed by atoms with Gasteiger partial charge in [0, 0.05) is 10.6 Å². The summed E-state index contributed by atoms with van der Waals surface area (Å²) in [4.78, 5) is 16.2. The summed E-state index contributed by atoms with van der Waals surface area (Å²) in [6.45, 7) is 5.14. The molecule has 3 rings (SSSR count). The van der Waals surface area contributed by atoms with E-state index in [-0.39, 0.29) is 12.6 Å². The molecule has 142 valence electrons. The lowest BCUT2D eigenvalue weighted by Crippen LogP contribution is -2.35. The molecule has 0 radical (unpaired) electrons. The summed E-state index contributed by atoms with van der Waals surface area (Å²) in [5.74, 6) is 0. The van der Waals surface area contributed by atoms with Gasteiger partial charge in [0.2, 0.25) is 0 Å². The molecular weight excluding hydrogens is 370 g/mol. The first-order chi connectivity index (χ1) is 12.7. The first-order valence-electron chi connectivity index (χ1n) is 8.30. The highest BCUT2D eigenvalue weighted by molar-refractivity contribution is 6.30. The molecule has 3 aromatic rings. The summed E-state index contributed by atoms with van der Waals surface area (Å²) in [6, 6.07) is 10.9. The summed E-state index contributed by atoms with van der Waals surface area (Å²) < 4.78 is 10.8. The molecule has 3 N–H and O–H groups in total. The van der Waals surface area contributed by atoms with Crippen LogP contribution in [0.25, 0.3) is 22.2 Å². The van der Waals surface area contributed by atoms with E-state index in [4.69, 9.17) is 20.8 Å². The second kappa shape index (κ2) is 7.46. The number of anilines is 1. The van der Waals surface area contributed by atoms with Crippen LogP contribution >= 0.6 is 11.6 Å². The van der Waals surface area contributed by atoms with Crippen molar-refractivity contribution in [3.8, 4) is 11.1 Å². The van der Waals surface area contributed by atoms with Gasteiger partial charge >= 0.3 is 12.1 Å². The van der Waals surface area contributed by atoms with Gasteiger partial charge in [-0.1, -0.05) is 23.7 Å². The smallest absolute Gasteiger partial charge is 0.426 e. The van der Waals surface area contributed by atoms with Crippen molar-refractivity contribution in [2.24, 2.45) is 0 Å². The van der Waals surface area contributed by atoms with Crippen molar-refractivity contribution in [2.45, 2.75) is 33.0 Å². The molecule has 0 bridgehead atoms. The predicted octanol–water partition coefficient (Wildman–Crippen LogP) is 4.49. The van der Waals surface area contributed by atoms with Crippen LogP contribution < -0.4 is 10.9 Å². The van der Waals surface area contributed by atoms with E-state index in [1.165, 1.54) is 0 Å². The second-order valence-corrected chi connectivity index (χ2v) is 7.37. The molecule has 1 aromatic heterocycles. The van der Waals surface area contributed by atoms with Gasteiger partial charge in [0.15, 0.2) is 5.58 Å². The number of carbonyl (C=O) groups excluding carboxylic acids is 1. The lowest BCUT2D eigenvalue weighted by molar-refractivity contribution is 0.0539. The number of benzene rings is 2. The van der Waals surface area contributed by atoms with Gasteiger partial charge in [-0.25, -0.2) is 15.6 Å². The summed E-state index contributed by atoms with van der Waals surface area (Å²) in [6.07, 6.45) is -0.657. The van der Waals surface area contributed by atoms with Crippen LogP contribution in [0.15, 0.2) is 40.8 Å². The van der Waals surface area contributed by atoms with Crippen LogP contribution in [-0.4, -0.2) is 21.8 Å². The molecule has 8 heteroatoms. The largest absolute Gasteiger partial charge is 0.443 e. The minimum Gasteiger partial charge on any atom is -0.443 e. The summed E-state index contributed by atoms with van der Waals surface area (Å²) >= 11 is 6.10. The van der Waals surface area contributed by atoms with E-state index >= 15 is 0 Å². The Balaban J connectivity index is 1.92. The number of hydrogen-bond donors (Lipinski definition) is 3. The number of hydrazine groups is 1. The number of nitrogens with zero attached hydrogens (tertiary/aromatic N) is 1. The molecule has 0 aliphatic heterocycles. The van der Waals surface area contributed by atoms with E-state index in [2.05, 4.69) is 15.8 Å². The van der Waals surface area contributed by atoms with Gasteiger partial charge in [-0.15, -0.1) is 0 Å². The van der Waals surface area contributed by atoms with Crippen LogP contribution in [-0.2, 0) is 11.3 Å². The number of ether oxygens (including phenoxy) is 1. The van der Waals surface area contributed by atoms with Crippen molar-refractivity contribution in [3.05, 3.63) is 47.0 Å². The van der Waals surface area contributed by atoms with Crippen LogP contribution in [0.1, 0.15) is 26.3 Å². The molecule has 0 saturated heterocycles. The monoisotopic (exact) mass is 389 g/mol. The number of nitrogens with one attached hydrogen (secondary N) is 2. The highest BCUT2D eigenvalue weighted by Gasteiger charge is 2.17. The first-order valence-corrected chi connectivity index (χ1v) is 8.68. The lowest BCUT2D eigenvalue weighted by atomic mass is 10.0. The maximum absolute atomic E-state index is 11.8. The van der Waals surface area contributed by atoms with Crippen LogP contribution in [0.2, 0.25) is 5.02 Å². The van der Waals surface area contributed by atoms with Crippen molar-refractivity contribution in [1.29, 1.82) is 0 Å². The fourth-order valence-electron chi connectivity index (χ4n) is 2.52. The number of amides is 1. The Labute approximate surface area is 161 Å². The quantitative estimate of drug-likeness (QED) is 0.569. The third kappa shape index (κ3) is 4.69. The lowest BCUT2D eigenvalue weighted by Gasteiger charge is -2.19. The summed E-state index contributed by atoms with van der Waals surface area (Å²) in [7, 11) is 0. The predicted molar refractivity (Wildman–Crippen MR) is 103 cm³/mol. The van der Waals surface area contributed by atoms with Crippen LogP contribution in [0, 0.1) is 0 Å². The van der Waals surface area contributed by atoms with Crippen molar-refractivity contribution in [3.63, 3.8) is 0 Å². The maximum Gasteiger partial charge on any atom is 0.426 e. The molecule has 27 heavy (non-hydrogen) atoms. The average Bonchev–Trinajstić information content (AvgIpc) is 3.00. The van der Waals surface area contributed by atoms with Crippen LogP contribution in [0.3, 0.4) is 0 Å². The number of carbonyl (C=O) groups is 1. The molecule has 0 spiro atoms. The number of aliphatic hydroxyl groups excluding tert-OH is 1. The highest BCUT2D eigenvalue weighted by atomic mass is 35.5. The van der Waals surface area contributed by atoms with Gasteiger partial charge in [-0.05, 0) is 56.2 Å². The van der Waals surface area contributed by atoms with E-state index in [9.17, 15) is 9.90 Å². The molecular formula is C19H20ClN3O4. The molecule has 0 saturated carbocycles. The minimum atomic E-state index is -0.657. The second-order valence-electron chi connectivity index (χ2n) is 6.93. The molecule has 1 heterocycles. The minimum absolute atomic E-state index is 0.0919. The number of halogens is 1. The van der Waals surface area contributed by atoms with Crippen molar-refractivity contribution < 1.29 is 19.1 Å². The Bertz CT molecular complexity index is 979. The zero-order valence-corrected chi connectivity index (χ0v) is 15.9. The highest BCUT2D eigenvalue weighted by Crippen LogP contribution is 2.32. The Morgan fingerprint density at radius 2 is 2.07 bits per heavy atom. The van der Waals surface area contributed by atoms with E-state index in [0.717, 1.165) is 11.1 Å². The normalized spacial score (nSPS) is 11.4. The standard InChI is InChI=1S/C19H20ClN3O4/c1-19(2,3)27-18(25)23-22-17-21-16-14(12-5-4-6-13(20)9-12)7-11(10-24)8-15(16)26-17/h4-9,24H,10H2,1-3H3,(H,21,22)(H,23,25). The van der Waals surface area contributed by atoms with E-state index in [1.54, 1.807) is 39.0 Å². The van der Waals surface area contributed by atoms with E-state index in [0.29, 0.717) is 21.7 Å². The average molecular weight is 390 g/mol. The van der Waals surface area contributed by atoms with Gasteiger partial charge in [-0.2, -0.15) is 4.98 Å². The number of fused-ring (bicyclic) bond motifs is 1. The summed E-state index contributed by atoms with van der Waals surface area (Å²) in [5, 5.41) is 10.1. The molecule has 0 fully saturated rings. The molecule has 0 aliphatic carbocycles. The fourth-order valence-corrected chi connectivity index (χ4v) is 2.71. The van der Waals surface area contributed by atoms with Gasteiger partial charge < -0.3 is 14.3 Å². The third-order valence-electron chi connectivity index (χ3n) is 3.54. The number of aromatic nitrogens is 1. The fraction of sp³-hybridized carbons (Fsp3) is 0.263. The van der Waals surface area contributed by atoms with E-state index < -0.39 is 11.7 Å². The van der Waals surface area contributed by atoms with Crippen LogP contribution in [0.5, 0.6) is 0 Å². The number of oxazole rings is 1. The maximum atomic E-state index is 11.8. The van der Waals surface area contributed by atoms with Gasteiger partial charge in [0.05, 0.1) is 6.61 Å². The third-order valence-corrected chi connectivity index (χ3v) is 3.78. The molecule has 2 aromatic carbocycles. The molecule has 0 atom stereocenters. The zero-order chi connectivity index (χ0) is 19.6. The number of rotatable bonds is 4. The Morgan fingerprint density at radius 3 is 2.74 bits per heavy atom. The van der Waals surface area contributed by atoms with Crippen molar-refractivity contribution in [1.82, 2.24) is 10.4 Å².